The van der Waals surface area contributed by atoms with Gasteiger partial charge in [0.05, 0.1) is 11.8 Å². The van der Waals surface area contributed by atoms with E-state index in [1.165, 1.54) is 12.3 Å². The minimum absolute atomic E-state index is 0.0143. The minimum Gasteiger partial charge on any atom is -0.354 e. The SMILES string of the molecule is Fc1c(CCl)ccnc1N1CCC(C(F)(F)F)CC1. The first kappa shape index (κ1) is 14.4. The number of hydrogen-bond donors (Lipinski definition) is 0. The molecule has 0 aliphatic carbocycles. The third kappa shape index (κ3) is 3.11. The molecule has 1 fully saturated rings. The zero-order chi connectivity index (χ0) is 14.0. The van der Waals surface area contributed by atoms with E-state index in [-0.39, 0.29) is 37.6 Å². The van der Waals surface area contributed by atoms with E-state index in [1.54, 1.807) is 4.90 Å². The molecule has 2 rings (SSSR count). The van der Waals surface area contributed by atoms with Gasteiger partial charge in [0, 0.05) is 24.8 Å². The maximum atomic E-state index is 14.0. The molecule has 0 amide bonds. The predicted octanol–water partition coefficient (Wildman–Crippen LogP) is 3.74. The summed E-state index contributed by atoms with van der Waals surface area (Å²) in [7, 11) is 0. The Morgan fingerprint density at radius 1 is 1.32 bits per heavy atom. The third-order valence-corrected chi connectivity index (χ3v) is 3.64. The van der Waals surface area contributed by atoms with Crippen molar-refractivity contribution in [2.75, 3.05) is 18.0 Å². The Balaban J connectivity index is 2.10. The second-order valence-corrected chi connectivity index (χ2v) is 4.81. The molecule has 1 saturated heterocycles. The summed E-state index contributed by atoms with van der Waals surface area (Å²) < 4.78 is 51.6. The summed E-state index contributed by atoms with van der Waals surface area (Å²) in [6, 6.07) is 1.47. The maximum absolute atomic E-state index is 14.0. The van der Waals surface area contributed by atoms with Gasteiger partial charge >= 0.3 is 6.18 Å². The Bertz CT molecular complexity index is 442. The Morgan fingerprint density at radius 3 is 2.47 bits per heavy atom. The monoisotopic (exact) mass is 296 g/mol. The lowest BCUT2D eigenvalue weighted by Gasteiger charge is -2.33. The molecule has 1 aliphatic rings. The molecule has 0 N–H and O–H groups in total. The number of halogens is 5. The van der Waals surface area contributed by atoms with Gasteiger partial charge in [0.25, 0.3) is 0 Å². The lowest BCUT2D eigenvalue weighted by atomic mass is 9.96. The molecule has 1 aliphatic heterocycles. The number of anilines is 1. The first-order valence-corrected chi connectivity index (χ1v) is 6.48. The van der Waals surface area contributed by atoms with Crippen LogP contribution in [0.25, 0.3) is 0 Å². The Hall–Kier alpha value is -1.04. The third-order valence-electron chi connectivity index (χ3n) is 3.35. The summed E-state index contributed by atoms with van der Waals surface area (Å²) in [5.41, 5.74) is 0.310. The highest BCUT2D eigenvalue weighted by Crippen LogP contribution is 2.35. The number of piperidine rings is 1. The van der Waals surface area contributed by atoms with Crippen LogP contribution in [-0.2, 0) is 5.88 Å². The Labute approximate surface area is 113 Å². The molecule has 0 unspecified atom stereocenters. The highest BCUT2D eigenvalue weighted by molar-refractivity contribution is 6.17. The molecular weight excluding hydrogens is 284 g/mol. The molecule has 0 aromatic carbocycles. The lowest BCUT2D eigenvalue weighted by Crippen LogP contribution is -2.39. The predicted molar refractivity (Wildman–Crippen MR) is 64.7 cm³/mol. The molecule has 2 heterocycles. The summed E-state index contributed by atoms with van der Waals surface area (Å²) >= 11 is 5.59. The van der Waals surface area contributed by atoms with Crippen molar-refractivity contribution >= 4 is 17.4 Å². The fraction of sp³-hybridized carbons (Fsp3) is 0.583. The van der Waals surface area contributed by atoms with E-state index in [2.05, 4.69) is 4.98 Å². The van der Waals surface area contributed by atoms with E-state index < -0.39 is 17.9 Å². The molecule has 0 spiro atoms. The average molecular weight is 297 g/mol. The average Bonchev–Trinajstić information content (AvgIpc) is 2.38. The molecular formula is C12H13ClF4N2. The van der Waals surface area contributed by atoms with Crippen molar-refractivity contribution in [3.05, 3.63) is 23.6 Å². The van der Waals surface area contributed by atoms with Crippen LogP contribution in [0.15, 0.2) is 12.3 Å². The molecule has 7 heteroatoms. The van der Waals surface area contributed by atoms with Crippen LogP contribution in [0.4, 0.5) is 23.4 Å². The van der Waals surface area contributed by atoms with E-state index in [4.69, 9.17) is 11.6 Å². The second kappa shape index (κ2) is 5.53. The fourth-order valence-electron chi connectivity index (χ4n) is 2.21. The van der Waals surface area contributed by atoms with Gasteiger partial charge in [0.2, 0.25) is 0 Å². The van der Waals surface area contributed by atoms with Crippen LogP contribution < -0.4 is 4.90 Å². The van der Waals surface area contributed by atoms with Crippen LogP contribution >= 0.6 is 11.6 Å². The molecule has 19 heavy (non-hydrogen) atoms. The topological polar surface area (TPSA) is 16.1 Å². The first-order chi connectivity index (χ1) is 8.93. The van der Waals surface area contributed by atoms with E-state index >= 15 is 0 Å². The molecule has 106 valence electrons. The van der Waals surface area contributed by atoms with Crippen LogP contribution in [0.1, 0.15) is 18.4 Å². The molecule has 0 saturated carbocycles. The molecule has 1 aromatic heterocycles. The molecule has 2 nitrogen and oxygen atoms in total. The van der Waals surface area contributed by atoms with Gasteiger partial charge in [-0.25, -0.2) is 9.37 Å². The zero-order valence-corrected chi connectivity index (χ0v) is 10.8. The van der Waals surface area contributed by atoms with Crippen LogP contribution in [0.2, 0.25) is 0 Å². The fourth-order valence-corrected chi connectivity index (χ4v) is 2.42. The second-order valence-electron chi connectivity index (χ2n) is 4.54. The normalized spacial score (nSPS) is 17.8. The van der Waals surface area contributed by atoms with Crippen LogP contribution in [0.5, 0.6) is 0 Å². The van der Waals surface area contributed by atoms with Crippen LogP contribution in [-0.4, -0.2) is 24.2 Å². The van der Waals surface area contributed by atoms with Crippen molar-refractivity contribution in [1.29, 1.82) is 0 Å². The van der Waals surface area contributed by atoms with Gasteiger partial charge in [0.1, 0.15) is 0 Å². The van der Waals surface area contributed by atoms with Crippen LogP contribution in [0.3, 0.4) is 0 Å². The quantitative estimate of drug-likeness (QED) is 0.610. The molecule has 0 radical (unpaired) electrons. The standard InChI is InChI=1S/C12H13ClF4N2/c13-7-8-1-4-18-11(10(8)14)19-5-2-9(3-6-19)12(15,16)17/h1,4,9H,2-3,5-7H2. The number of rotatable bonds is 2. The lowest BCUT2D eigenvalue weighted by molar-refractivity contribution is -0.179. The van der Waals surface area contributed by atoms with Crippen molar-refractivity contribution in [2.45, 2.75) is 24.9 Å². The van der Waals surface area contributed by atoms with Crippen molar-refractivity contribution in [1.82, 2.24) is 4.98 Å². The Morgan fingerprint density at radius 2 is 1.95 bits per heavy atom. The van der Waals surface area contributed by atoms with Crippen molar-refractivity contribution < 1.29 is 17.6 Å². The Kier molecular flexibility index (Phi) is 4.18. The van der Waals surface area contributed by atoms with Gasteiger partial charge in [-0.1, -0.05) is 0 Å². The number of pyridine rings is 1. The summed E-state index contributed by atoms with van der Waals surface area (Å²) in [5.74, 6) is -1.73. The maximum Gasteiger partial charge on any atom is 0.391 e. The van der Waals surface area contributed by atoms with Gasteiger partial charge in [-0.3, -0.25) is 0 Å². The van der Waals surface area contributed by atoms with Crippen molar-refractivity contribution in [3.8, 4) is 0 Å². The van der Waals surface area contributed by atoms with E-state index in [1.807, 2.05) is 0 Å². The number of hydrogen-bond acceptors (Lipinski definition) is 2. The zero-order valence-electron chi connectivity index (χ0n) is 10.1. The summed E-state index contributed by atoms with van der Waals surface area (Å²) in [5, 5.41) is 0. The van der Waals surface area contributed by atoms with Gasteiger partial charge in [-0.2, -0.15) is 13.2 Å². The van der Waals surface area contributed by atoms with Gasteiger partial charge in [0.15, 0.2) is 11.6 Å². The van der Waals surface area contributed by atoms with E-state index in [9.17, 15) is 17.6 Å². The highest BCUT2D eigenvalue weighted by Gasteiger charge is 2.41. The molecule has 0 atom stereocenters. The smallest absolute Gasteiger partial charge is 0.354 e. The molecule has 0 bridgehead atoms. The largest absolute Gasteiger partial charge is 0.391 e. The summed E-state index contributed by atoms with van der Waals surface area (Å²) in [4.78, 5) is 5.46. The number of nitrogens with zero attached hydrogens (tertiary/aromatic N) is 2. The highest BCUT2D eigenvalue weighted by atomic mass is 35.5. The number of alkyl halides is 4. The minimum atomic E-state index is -4.17. The van der Waals surface area contributed by atoms with E-state index in [0.717, 1.165) is 0 Å². The van der Waals surface area contributed by atoms with Crippen molar-refractivity contribution in [3.63, 3.8) is 0 Å². The number of aromatic nitrogens is 1. The first-order valence-electron chi connectivity index (χ1n) is 5.94. The van der Waals surface area contributed by atoms with Crippen LogP contribution in [0, 0.1) is 11.7 Å². The summed E-state index contributed by atoms with van der Waals surface area (Å²) in [6.07, 6.45) is -2.81. The van der Waals surface area contributed by atoms with E-state index in [0.29, 0.717) is 5.56 Å². The van der Waals surface area contributed by atoms with Crippen molar-refractivity contribution in [2.24, 2.45) is 5.92 Å². The van der Waals surface area contributed by atoms with Gasteiger partial charge in [-0.15, -0.1) is 11.6 Å². The van der Waals surface area contributed by atoms with Gasteiger partial charge < -0.3 is 4.90 Å². The summed E-state index contributed by atoms with van der Waals surface area (Å²) in [6.45, 7) is 0.305. The molecule has 1 aromatic rings. The van der Waals surface area contributed by atoms with Gasteiger partial charge in [-0.05, 0) is 18.9 Å².